The van der Waals surface area contributed by atoms with E-state index in [2.05, 4.69) is 13.8 Å². The number of hydrogen-bond acceptors (Lipinski definition) is 5. The van der Waals surface area contributed by atoms with Crippen LogP contribution in [0.2, 0.25) is 0 Å². The molecule has 7 heteroatoms. The molecular formula is C25H29N3O2S2. The van der Waals surface area contributed by atoms with Gasteiger partial charge in [-0.1, -0.05) is 30.0 Å². The summed E-state index contributed by atoms with van der Waals surface area (Å²) in [6.07, 6.45) is 7.58. The number of para-hydroxylation sites is 1. The van der Waals surface area contributed by atoms with Crippen molar-refractivity contribution in [1.82, 2.24) is 14.5 Å². The predicted molar refractivity (Wildman–Crippen MR) is 132 cm³/mol. The number of thioether (sulfide) groups is 1. The van der Waals surface area contributed by atoms with Gasteiger partial charge in [0.05, 0.1) is 16.8 Å². The van der Waals surface area contributed by atoms with Crippen molar-refractivity contribution in [2.75, 3.05) is 5.75 Å². The van der Waals surface area contributed by atoms with E-state index in [1.54, 1.807) is 15.9 Å². The fourth-order valence-electron chi connectivity index (χ4n) is 5.20. The van der Waals surface area contributed by atoms with Crippen LogP contribution < -0.4 is 5.56 Å². The van der Waals surface area contributed by atoms with E-state index >= 15 is 0 Å². The van der Waals surface area contributed by atoms with Crippen molar-refractivity contribution in [3.05, 3.63) is 51.1 Å². The fourth-order valence-corrected chi connectivity index (χ4v) is 7.39. The van der Waals surface area contributed by atoms with Gasteiger partial charge >= 0.3 is 0 Å². The Kier molecular flexibility index (Phi) is 6.12. The van der Waals surface area contributed by atoms with Crippen LogP contribution in [0.5, 0.6) is 0 Å². The Hall–Kier alpha value is -2.12. The summed E-state index contributed by atoms with van der Waals surface area (Å²) >= 11 is 3.05. The van der Waals surface area contributed by atoms with Crippen LogP contribution in [0.15, 0.2) is 40.3 Å². The number of nitrogens with zero attached hydrogens (tertiary/aromatic N) is 3. The number of piperidine rings is 1. The molecule has 0 unspecified atom stereocenters. The molecular weight excluding hydrogens is 438 g/mol. The van der Waals surface area contributed by atoms with Gasteiger partial charge in [-0.25, -0.2) is 4.98 Å². The van der Waals surface area contributed by atoms with Gasteiger partial charge in [-0.15, -0.1) is 11.3 Å². The van der Waals surface area contributed by atoms with Crippen LogP contribution in [-0.4, -0.2) is 38.2 Å². The van der Waals surface area contributed by atoms with Gasteiger partial charge in [-0.2, -0.15) is 0 Å². The second kappa shape index (κ2) is 9.02. The van der Waals surface area contributed by atoms with Gasteiger partial charge in [-0.3, -0.25) is 14.2 Å². The Bertz CT molecular complexity index is 1190. The minimum Gasteiger partial charge on any atom is -0.337 e. The van der Waals surface area contributed by atoms with Crippen molar-refractivity contribution in [3.8, 4) is 5.69 Å². The number of aromatic nitrogens is 2. The number of fused-ring (bicyclic) bond motifs is 3. The first kappa shape index (κ1) is 21.7. The van der Waals surface area contributed by atoms with E-state index in [1.165, 1.54) is 35.0 Å². The van der Waals surface area contributed by atoms with Crippen LogP contribution >= 0.6 is 23.1 Å². The summed E-state index contributed by atoms with van der Waals surface area (Å²) in [6.45, 7) is 4.27. The molecule has 168 valence electrons. The Morgan fingerprint density at radius 2 is 1.81 bits per heavy atom. The number of aryl methyl sites for hydroxylation is 2. The van der Waals surface area contributed by atoms with E-state index in [0.29, 0.717) is 10.9 Å². The summed E-state index contributed by atoms with van der Waals surface area (Å²) in [5.41, 5.74) is 1.99. The topological polar surface area (TPSA) is 55.2 Å². The van der Waals surface area contributed by atoms with Crippen LogP contribution in [0.3, 0.4) is 0 Å². The van der Waals surface area contributed by atoms with Crippen molar-refractivity contribution in [2.45, 2.75) is 76.0 Å². The lowest BCUT2D eigenvalue weighted by Gasteiger charge is -2.39. The third-order valence-corrected chi connectivity index (χ3v) is 8.89. The average Bonchev–Trinajstić information content (AvgIpc) is 3.17. The van der Waals surface area contributed by atoms with Gasteiger partial charge in [0.25, 0.3) is 5.56 Å². The molecule has 1 aliphatic carbocycles. The smallest absolute Gasteiger partial charge is 0.267 e. The van der Waals surface area contributed by atoms with Crippen LogP contribution in [0.25, 0.3) is 15.9 Å². The number of thiophene rings is 1. The summed E-state index contributed by atoms with van der Waals surface area (Å²) in [7, 11) is 0. The first-order valence-electron chi connectivity index (χ1n) is 11.6. The number of carbonyl (C=O) groups excluding carboxylic acids is 1. The van der Waals surface area contributed by atoms with Gasteiger partial charge < -0.3 is 4.90 Å². The maximum Gasteiger partial charge on any atom is 0.267 e. The first-order chi connectivity index (χ1) is 15.5. The zero-order chi connectivity index (χ0) is 22.2. The van der Waals surface area contributed by atoms with E-state index in [1.807, 2.05) is 35.2 Å². The first-order valence-corrected chi connectivity index (χ1v) is 13.4. The average molecular weight is 468 g/mol. The van der Waals surface area contributed by atoms with Crippen molar-refractivity contribution in [2.24, 2.45) is 0 Å². The molecule has 0 bridgehead atoms. The van der Waals surface area contributed by atoms with E-state index in [-0.39, 0.29) is 23.6 Å². The predicted octanol–water partition coefficient (Wildman–Crippen LogP) is 5.21. The zero-order valence-corrected chi connectivity index (χ0v) is 20.3. The molecule has 3 heterocycles. The molecule has 5 nitrogen and oxygen atoms in total. The second-order valence-corrected chi connectivity index (χ2v) is 11.0. The molecule has 2 aliphatic rings. The highest BCUT2D eigenvalue weighted by Gasteiger charge is 2.29. The molecule has 1 aromatic carbocycles. The summed E-state index contributed by atoms with van der Waals surface area (Å²) in [6, 6.07) is 10.2. The lowest BCUT2D eigenvalue weighted by Crippen LogP contribution is -2.48. The highest BCUT2D eigenvalue weighted by Crippen LogP contribution is 2.35. The minimum absolute atomic E-state index is 0.00439. The van der Waals surface area contributed by atoms with Crippen LogP contribution in [0, 0.1) is 0 Å². The van der Waals surface area contributed by atoms with E-state index in [9.17, 15) is 9.59 Å². The number of rotatable bonds is 4. The molecule has 0 radical (unpaired) electrons. The normalized spacial score (nSPS) is 21.0. The molecule has 1 fully saturated rings. The van der Waals surface area contributed by atoms with Crippen molar-refractivity contribution < 1.29 is 4.79 Å². The largest absolute Gasteiger partial charge is 0.337 e. The lowest BCUT2D eigenvalue weighted by molar-refractivity contribution is -0.134. The minimum atomic E-state index is -0.00439. The molecule has 2 aromatic heterocycles. The van der Waals surface area contributed by atoms with E-state index in [0.717, 1.165) is 48.0 Å². The summed E-state index contributed by atoms with van der Waals surface area (Å²) in [4.78, 5) is 36.0. The SMILES string of the molecule is C[C@H]1CCC[C@H](C)N1C(=O)CSc1nc2sc3c(c2c(=O)n1-c1ccccc1)CCCC3. The molecule has 0 N–H and O–H groups in total. The molecule has 32 heavy (non-hydrogen) atoms. The monoisotopic (exact) mass is 467 g/mol. The molecule has 1 aliphatic heterocycles. The Morgan fingerprint density at radius 3 is 2.56 bits per heavy atom. The molecule has 0 spiro atoms. The highest BCUT2D eigenvalue weighted by molar-refractivity contribution is 7.99. The van der Waals surface area contributed by atoms with Gasteiger partial charge in [0.2, 0.25) is 5.91 Å². The second-order valence-electron chi connectivity index (χ2n) is 8.98. The summed E-state index contributed by atoms with van der Waals surface area (Å²) < 4.78 is 1.71. The van der Waals surface area contributed by atoms with Crippen LogP contribution in [0.4, 0.5) is 0 Å². The number of amides is 1. The highest BCUT2D eigenvalue weighted by atomic mass is 32.2. The lowest BCUT2D eigenvalue weighted by atomic mass is 9.97. The zero-order valence-electron chi connectivity index (χ0n) is 18.7. The van der Waals surface area contributed by atoms with E-state index < -0.39 is 0 Å². The van der Waals surface area contributed by atoms with Crippen LogP contribution in [-0.2, 0) is 17.6 Å². The van der Waals surface area contributed by atoms with Gasteiger partial charge in [0, 0.05) is 17.0 Å². The molecule has 0 saturated carbocycles. The Labute approximate surface area is 196 Å². The third-order valence-electron chi connectivity index (χ3n) is 6.78. The van der Waals surface area contributed by atoms with Gasteiger partial charge in [-0.05, 0) is 76.5 Å². The molecule has 3 aromatic rings. The maximum absolute atomic E-state index is 13.8. The van der Waals surface area contributed by atoms with E-state index in [4.69, 9.17) is 4.98 Å². The molecule has 5 rings (SSSR count). The standard InChI is InChI=1S/C25H29N3O2S2/c1-16-9-8-10-17(2)27(16)21(29)15-31-25-26-23-22(19-13-6-7-14-20(19)32-23)24(30)28(25)18-11-4-3-5-12-18/h3-5,11-12,16-17H,6-10,13-15H2,1-2H3/t16-,17-/m0/s1. The Balaban J connectivity index is 1.54. The number of hydrogen-bond donors (Lipinski definition) is 0. The van der Waals surface area contributed by atoms with Gasteiger partial charge in [0.15, 0.2) is 5.16 Å². The molecule has 2 atom stereocenters. The third kappa shape index (κ3) is 3.90. The van der Waals surface area contributed by atoms with Gasteiger partial charge in [0.1, 0.15) is 4.83 Å². The van der Waals surface area contributed by atoms with Crippen molar-refractivity contribution >= 4 is 39.2 Å². The fraction of sp³-hybridized carbons (Fsp3) is 0.480. The molecule has 1 amide bonds. The molecule has 1 saturated heterocycles. The maximum atomic E-state index is 13.8. The summed E-state index contributed by atoms with van der Waals surface area (Å²) in [5, 5.41) is 1.39. The number of likely N-dealkylation sites (tertiary alicyclic amines) is 1. The summed E-state index contributed by atoms with van der Waals surface area (Å²) in [5.74, 6) is 0.430. The van der Waals surface area contributed by atoms with Crippen molar-refractivity contribution in [3.63, 3.8) is 0 Å². The van der Waals surface area contributed by atoms with Crippen LogP contribution in [0.1, 0.15) is 56.4 Å². The number of carbonyl (C=O) groups is 1. The number of benzene rings is 1. The van der Waals surface area contributed by atoms with Crippen molar-refractivity contribution in [1.29, 1.82) is 0 Å². The quantitative estimate of drug-likeness (QED) is 0.391. The Morgan fingerprint density at radius 1 is 1.09 bits per heavy atom.